The molecule has 3 rings (SSSR count). The molecule has 142 valence electrons. The van der Waals surface area contributed by atoms with Gasteiger partial charge in [-0.3, -0.25) is 9.48 Å². The second-order valence-corrected chi connectivity index (χ2v) is 8.34. The molecule has 0 unspecified atom stereocenters. The maximum atomic E-state index is 13.0. The van der Waals surface area contributed by atoms with E-state index in [9.17, 15) is 13.2 Å². The summed E-state index contributed by atoms with van der Waals surface area (Å²) in [5.41, 5.74) is 0.483. The molecule has 0 spiro atoms. The Hall–Kier alpha value is -2.13. The molecule has 1 aliphatic heterocycles. The van der Waals surface area contributed by atoms with Gasteiger partial charge in [-0.15, -0.1) is 0 Å². The van der Waals surface area contributed by atoms with Crippen LogP contribution in [0, 0.1) is 12.8 Å². The molecule has 1 fully saturated rings. The topological polar surface area (TPSA) is 97.4 Å². The Bertz CT molecular complexity index is 857. The van der Waals surface area contributed by atoms with E-state index in [0.29, 0.717) is 43.9 Å². The van der Waals surface area contributed by atoms with E-state index >= 15 is 0 Å². The third-order valence-corrected chi connectivity index (χ3v) is 6.58. The van der Waals surface area contributed by atoms with Crippen molar-refractivity contribution in [2.75, 3.05) is 13.1 Å². The Morgan fingerprint density at radius 3 is 2.92 bits per heavy atom. The van der Waals surface area contributed by atoms with Crippen LogP contribution in [0.5, 0.6) is 0 Å². The van der Waals surface area contributed by atoms with Crippen LogP contribution >= 0.6 is 0 Å². The highest BCUT2D eigenvalue weighted by atomic mass is 32.2. The van der Waals surface area contributed by atoms with Gasteiger partial charge in [0.2, 0.25) is 15.9 Å². The average molecular weight is 380 g/mol. The zero-order valence-corrected chi connectivity index (χ0v) is 15.8. The fourth-order valence-corrected chi connectivity index (χ4v) is 4.85. The van der Waals surface area contributed by atoms with Crippen LogP contribution in [0.15, 0.2) is 33.9 Å². The summed E-state index contributed by atoms with van der Waals surface area (Å²) in [6.45, 7) is 5.11. The van der Waals surface area contributed by atoms with Crippen LogP contribution < -0.4 is 5.32 Å². The average Bonchev–Trinajstić information content (AvgIpc) is 3.29. The molecule has 1 N–H and O–H groups in total. The van der Waals surface area contributed by atoms with Gasteiger partial charge in [-0.1, -0.05) is 0 Å². The minimum absolute atomic E-state index is 0.151. The smallest absolute Gasteiger partial charge is 0.246 e. The molecule has 1 amide bonds. The number of amides is 1. The minimum Gasteiger partial charge on any atom is -0.467 e. The van der Waals surface area contributed by atoms with Crippen molar-refractivity contribution >= 4 is 15.9 Å². The van der Waals surface area contributed by atoms with Crippen LogP contribution in [0.4, 0.5) is 0 Å². The molecule has 1 aliphatic rings. The first-order valence-electron chi connectivity index (χ1n) is 8.76. The fraction of sp³-hybridized carbons (Fsp3) is 0.529. The zero-order chi connectivity index (χ0) is 18.7. The highest BCUT2D eigenvalue weighted by Crippen LogP contribution is 2.25. The zero-order valence-electron chi connectivity index (χ0n) is 15.0. The van der Waals surface area contributed by atoms with Crippen LogP contribution in [0.3, 0.4) is 0 Å². The highest BCUT2D eigenvalue weighted by Gasteiger charge is 2.35. The van der Waals surface area contributed by atoms with Crippen LogP contribution in [0.2, 0.25) is 0 Å². The summed E-state index contributed by atoms with van der Waals surface area (Å²) in [4.78, 5) is 12.6. The van der Waals surface area contributed by atoms with E-state index in [2.05, 4.69) is 10.4 Å². The third-order valence-electron chi connectivity index (χ3n) is 4.61. The first kappa shape index (κ1) is 18.7. The maximum Gasteiger partial charge on any atom is 0.246 e. The van der Waals surface area contributed by atoms with Crippen molar-refractivity contribution in [2.45, 2.75) is 44.7 Å². The quantitative estimate of drug-likeness (QED) is 0.819. The van der Waals surface area contributed by atoms with Gasteiger partial charge in [0.05, 0.1) is 24.4 Å². The number of hydrogen-bond acceptors (Lipinski definition) is 5. The minimum atomic E-state index is -3.66. The van der Waals surface area contributed by atoms with Gasteiger partial charge in [0.1, 0.15) is 10.7 Å². The molecule has 0 radical (unpaired) electrons. The predicted octanol–water partition coefficient (Wildman–Crippen LogP) is 1.52. The van der Waals surface area contributed by atoms with Crippen molar-refractivity contribution in [3.05, 3.63) is 36.0 Å². The molecule has 2 aromatic heterocycles. The number of carbonyl (C=O) groups excluding carboxylic acids is 1. The summed E-state index contributed by atoms with van der Waals surface area (Å²) < 4.78 is 34.2. The van der Waals surface area contributed by atoms with Crippen LogP contribution in [0.1, 0.15) is 31.2 Å². The van der Waals surface area contributed by atoms with E-state index in [-0.39, 0.29) is 23.3 Å². The van der Waals surface area contributed by atoms with E-state index in [1.807, 2.05) is 6.92 Å². The van der Waals surface area contributed by atoms with Gasteiger partial charge in [0.15, 0.2) is 0 Å². The molecule has 0 aliphatic carbocycles. The van der Waals surface area contributed by atoms with Gasteiger partial charge in [0.25, 0.3) is 0 Å². The molecule has 9 heteroatoms. The second-order valence-electron chi connectivity index (χ2n) is 6.43. The van der Waals surface area contributed by atoms with Crippen LogP contribution in [0.25, 0.3) is 0 Å². The van der Waals surface area contributed by atoms with E-state index in [0.717, 1.165) is 0 Å². The Morgan fingerprint density at radius 2 is 2.27 bits per heavy atom. The number of sulfonamides is 1. The van der Waals surface area contributed by atoms with E-state index < -0.39 is 10.0 Å². The lowest BCUT2D eigenvalue weighted by Gasteiger charge is -2.31. The molecule has 26 heavy (non-hydrogen) atoms. The van der Waals surface area contributed by atoms with E-state index in [4.69, 9.17) is 4.42 Å². The maximum absolute atomic E-state index is 13.0. The molecular weight excluding hydrogens is 356 g/mol. The third kappa shape index (κ3) is 3.83. The highest BCUT2D eigenvalue weighted by molar-refractivity contribution is 7.89. The first-order valence-corrected chi connectivity index (χ1v) is 10.2. The Balaban J connectivity index is 1.68. The number of aromatic nitrogens is 2. The van der Waals surface area contributed by atoms with Gasteiger partial charge in [-0.25, -0.2) is 8.42 Å². The summed E-state index contributed by atoms with van der Waals surface area (Å²) in [7, 11) is -3.66. The predicted molar refractivity (Wildman–Crippen MR) is 94.7 cm³/mol. The molecule has 2 aromatic rings. The number of hydrogen-bond donors (Lipinski definition) is 1. The van der Waals surface area contributed by atoms with Crippen LogP contribution in [-0.2, 0) is 27.9 Å². The van der Waals surface area contributed by atoms with Gasteiger partial charge in [-0.2, -0.15) is 9.40 Å². The normalized spacial score (nSPS) is 18.8. The number of carbonyl (C=O) groups is 1. The number of nitrogens with zero attached hydrogens (tertiary/aromatic N) is 3. The number of aryl methyl sites for hydroxylation is 2. The molecule has 1 saturated heterocycles. The summed E-state index contributed by atoms with van der Waals surface area (Å²) >= 11 is 0. The van der Waals surface area contributed by atoms with E-state index in [1.54, 1.807) is 36.2 Å². The van der Waals surface area contributed by atoms with Gasteiger partial charge >= 0.3 is 0 Å². The molecule has 1 atom stereocenters. The van der Waals surface area contributed by atoms with Crippen molar-refractivity contribution in [3.63, 3.8) is 0 Å². The Labute approximate surface area is 153 Å². The van der Waals surface area contributed by atoms with Gasteiger partial charge < -0.3 is 9.73 Å². The molecular formula is C17H24N4O4S. The largest absolute Gasteiger partial charge is 0.467 e. The number of piperidine rings is 1. The Kier molecular flexibility index (Phi) is 5.47. The summed E-state index contributed by atoms with van der Waals surface area (Å²) in [6.07, 6.45) is 4.43. The first-order chi connectivity index (χ1) is 12.4. The SMILES string of the molecule is CCn1cc(S(=O)(=O)N2CCC[C@@H](C(=O)NCc3ccco3)C2)c(C)n1. The Morgan fingerprint density at radius 1 is 1.46 bits per heavy atom. The lowest BCUT2D eigenvalue weighted by molar-refractivity contribution is -0.126. The molecule has 0 bridgehead atoms. The van der Waals surface area contributed by atoms with Gasteiger partial charge in [-0.05, 0) is 38.8 Å². The fourth-order valence-electron chi connectivity index (χ4n) is 3.16. The second kappa shape index (κ2) is 7.63. The summed E-state index contributed by atoms with van der Waals surface area (Å²) in [5.74, 6) is 0.151. The van der Waals surface area contributed by atoms with Crippen LogP contribution in [-0.4, -0.2) is 41.5 Å². The molecule has 3 heterocycles. The van der Waals surface area contributed by atoms with Crippen molar-refractivity contribution in [2.24, 2.45) is 5.92 Å². The lowest BCUT2D eigenvalue weighted by atomic mass is 9.99. The number of rotatable bonds is 6. The summed E-state index contributed by atoms with van der Waals surface area (Å²) in [5, 5.41) is 7.04. The number of furan rings is 1. The monoisotopic (exact) mass is 380 g/mol. The standard InChI is InChI=1S/C17H24N4O4S/c1-3-20-12-16(13(2)19-20)26(23,24)21-8-4-6-14(11-21)17(22)18-10-15-7-5-9-25-15/h5,7,9,12,14H,3-4,6,8,10-11H2,1-2H3,(H,18,22)/t14-/m1/s1. The molecule has 0 aromatic carbocycles. The van der Waals surface area contributed by atoms with E-state index in [1.165, 1.54) is 4.31 Å². The number of nitrogens with one attached hydrogen (secondary N) is 1. The molecule has 0 saturated carbocycles. The van der Waals surface area contributed by atoms with Crippen molar-refractivity contribution < 1.29 is 17.6 Å². The lowest BCUT2D eigenvalue weighted by Crippen LogP contribution is -2.45. The summed E-state index contributed by atoms with van der Waals surface area (Å²) in [6, 6.07) is 3.54. The molecule has 8 nitrogen and oxygen atoms in total. The van der Waals surface area contributed by atoms with Crippen molar-refractivity contribution in [1.29, 1.82) is 0 Å². The van der Waals surface area contributed by atoms with Gasteiger partial charge in [0, 0.05) is 25.8 Å². The van der Waals surface area contributed by atoms with Crippen molar-refractivity contribution in [1.82, 2.24) is 19.4 Å². The van der Waals surface area contributed by atoms with Crippen molar-refractivity contribution in [3.8, 4) is 0 Å².